The van der Waals surface area contributed by atoms with Crippen molar-refractivity contribution in [3.8, 4) is 0 Å². The second-order valence-electron chi connectivity index (χ2n) is 8.50. The molecule has 4 rings (SSSR count). The van der Waals surface area contributed by atoms with Gasteiger partial charge >= 0.3 is 6.03 Å². The molecule has 1 fully saturated rings. The molecule has 35 heavy (non-hydrogen) atoms. The van der Waals surface area contributed by atoms with Gasteiger partial charge < -0.3 is 26.2 Å². The third-order valence-corrected chi connectivity index (χ3v) is 6.63. The molecule has 3 aromatic rings. The number of carbonyl (C=O) groups is 2. The number of aryl methyl sites for hydroxylation is 1. The minimum absolute atomic E-state index is 0.0355. The van der Waals surface area contributed by atoms with Gasteiger partial charge in [-0.25, -0.2) is 9.78 Å². The fourth-order valence-corrected chi connectivity index (χ4v) is 4.53. The van der Waals surface area contributed by atoms with Crippen LogP contribution < -0.4 is 26.7 Å². The van der Waals surface area contributed by atoms with Gasteiger partial charge in [0.25, 0.3) is 5.91 Å². The number of aromatic nitrogens is 2. The van der Waals surface area contributed by atoms with Crippen LogP contribution in [0.4, 0.5) is 27.9 Å². The second-order valence-corrected chi connectivity index (χ2v) is 9.79. The van der Waals surface area contributed by atoms with Crippen LogP contribution in [0.1, 0.15) is 33.8 Å². The van der Waals surface area contributed by atoms with Crippen LogP contribution in [0.2, 0.25) is 0 Å². The molecule has 0 radical (unpaired) electrons. The first-order valence-corrected chi connectivity index (χ1v) is 12.6. The molecule has 1 saturated heterocycles. The number of rotatable bonds is 9. The zero-order valence-electron chi connectivity index (χ0n) is 20.1. The molecule has 1 aromatic carbocycles. The van der Waals surface area contributed by atoms with Crippen molar-refractivity contribution in [2.45, 2.75) is 26.2 Å². The maximum absolute atomic E-state index is 12.4. The number of likely N-dealkylation sites (tertiary alicyclic amines) is 1. The van der Waals surface area contributed by atoms with Crippen LogP contribution in [0.25, 0.3) is 0 Å². The first kappa shape index (κ1) is 24.5. The number of benzene rings is 1. The summed E-state index contributed by atoms with van der Waals surface area (Å²) in [6.07, 6.45) is 4.64. The summed E-state index contributed by atoms with van der Waals surface area (Å²) in [6, 6.07) is 11.2. The van der Waals surface area contributed by atoms with Crippen molar-refractivity contribution in [2.24, 2.45) is 0 Å². The largest absolute Gasteiger partial charge is 0.370 e. The first-order chi connectivity index (χ1) is 17.0. The van der Waals surface area contributed by atoms with Crippen LogP contribution in [-0.4, -0.2) is 60.8 Å². The van der Waals surface area contributed by atoms with Crippen molar-refractivity contribution in [1.29, 1.82) is 0 Å². The minimum Gasteiger partial charge on any atom is -0.370 e. The van der Waals surface area contributed by atoms with E-state index < -0.39 is 0 Å². The van der Waals surface area contributed by atoms with E-state index in [-0.39, 0.29) is 11.9 Å². The predicted molar refractivity (Wildman–Crippen MR) is 144 cm³/mol. The summed E-state index contributed by atoms with van der Waals surface area (Å²) >= 11 is 1.50. The summed E-state index contributed by atoms with van der Waals surface area (Å²) in [4.78, 5) is 37.2. The van der Waals surface area contributed by atoms with E-state index in [1.54, 1.807) is 6.20 Å². The fourth-order valence-electron chi connectivity index (χ4n) is 3.75. The maximum Gasteiger partial charge on any atom is 0.321 e. The van der Waals surface area contributed by atoms with Crippen LogP contribution in [0.3, 0.4) is 0 Å². The molecule has 1 aliphatic rings. The van der Waals surface area contributed by atoms with Gasteiger partial charge in [-0.1, -0.05) is 6.07 Å². The van der Waals surface area contributed by atoms with Gasteiger partial charge in [-0.3, -0.25) is 4.79 Å². The number of amides is 3. The first-order valence-electron chi connectivity index (χ1n) is 11.8. The number of nitrogens with one attached hydrogen (secondary N) is 4. The Kier molecular flexibility index (Phi) is 8.20. The van der Waals surface area contributed by atoms with E-state index in [0.717, 1.165) is 64.8 Å². The average molecular weight is 491 g/mol. The summed E-state index contributed by atoms with van der Waals surface area (Å²) in [5.74, 6) is 1.16. The molecule has 3 heterocycles. The lowest BCUT2D eigenvalue weighted by molar-refractivity contribution is 0.0957. The molecular formula is C24H30BN7O2S. The van der Waals surface area contributed by atoms with Gasteiger partial charge in [-0.15, -0.1) is 11.3 Å². The van der Waals surface area contributed by atoms with Crippen LogP contribution in [0.5, 0.6) is 0 Å². The van der Waals surface area contributed by atoms with E-state index in [0.29, 0.717) is 19.0 Å². The molecule has 182 valence electrons. The van der Waals surface area contributed by atoms with Crippen molar-refractivity contribution in [3.05, 3.63) is 52.3 Å². The fraction of sp³-hybridized carbons (Fsp3) is 0.333. The van der Waals surface area contributed by atoms with Crippen LogP contribution in [0.15, 0.2) is 42.6 Å². The van der Waals surface area contributed by atoms with Gasteiger partial charge in [-0.2, -0.15) is 4.98 Å². The number of urea groups is 1. The number of hydrogen-bond donors (Lipinski definition) is 4. The Bertz CT molecular complexity index is 1180. The summed E-state index contributed by atoms with van der Waals surface area (Å²) in [7, 11) is 1.95. The highest BCUT2D eigenvalue weighted by Gasteiger charge is 2.17. The van der Waals surface area contributed by atoms with E-state index >= 15 is 0 Å². The normalized spacial score (nSPS) is 12.9. The zero-order chi connectivity index (χ0) is 24.6. The van der Waals surface area contributed by atoms with Gasteiger partial charge in [0.1, 0.15) is 13.7 Å². The summed E-state index contributed by atoms with van der Waals surface area (Å²) < 4.78 is 0. The number of nitrogens with zero attached hydrogens (tertiary/aromatic N) is 3. The molecule has 0 spiro atoms. The topological polar surface area (TPSA) is 111 Å². The van der Waals surface area contributed by atoms with Gasteiger partial charge in [0, 0.05) is 48.6 Å². The van der Waals surface area contributed by atoms with E-state index in [4.69, 9.17) is 0 Å². The van der Waals surface area contributed by atoms with Crippen molar-refractivity contribution < 1.29 is 9.59 Å². The monoisotopic (exact) mass is 491 g/mol. The molecule has 3 amide bonds. The van der Waals surface area contributed by atoms with Crippen molar-refractivity contribution >= 4 is 59.7 Å². The minimum atomic E-state index is -0.0700. The molecule has 9 nitrogen and oxygen atoms in total. The van der Waals surface area contributed by atoms with Gasteiger partial charge in [0.15, 0.2) is 0 Å². The molecule has 2 aromatic heterocycles. The highest BCUT2D eigenvalue weighted by molar-refractivity contribution is 7.13. The molecular weight excluding hydrogens is 461 g/mol. The summed E-state index contributed by atoms with van der Waals surface area (Å²) in [5, 5.41) is 12.4. The lowest BCUT2D eigenvalue weighted by atomic mass is 9.99. The van der Waals surface area contributed by atoms with Crippen molar-refractivity contribution in [1.82, 2.24) is 20.2 Å². The van der Waals surface area contributed by atoms with Crippen LogP contribution >= 0.6 is 11.3 Å². The Morgan fingerprint density at radius 1 is 1.11 bits per heavy atom. The highest BCUT2D eigenvalue weighted by atomic mass is 32.1. The standard InChI is InChI=1S/C24H30BN7O2S/c1-16-8-9-20(35-16)22(33)27-11-5-10-26-21-19(25)15-28-23(31-21)29-17-6-4-7-18(14-17)30-24(34)32-12-2-3-13-32/h4,6-9,14-15H,2-3,5,10-13,25H2,1H3,(H,27,33)(H,30,34)(H2,26,28,29,31). The van der Waals surface area contributed by atoms with Crippen LogP contribution in [-0.2, 0) is 0 Å². The van der Waals surface area contributed by atoms with Crippen molar-refractivity contribution in [3.63, 3.8) is 0 Å². The van der Waals surface area contributed by atoms with Gasteiger partial charge in [0.2, 0.25) is 5.95 Å². The third-order valence-electron chi connectivity index (χ3n) is 5.63. The second kappa shape index (κ2) is 11.7. The lowest BCUT2D eigenvalue weighted by Crippen LogP contribution is -2.32. The van der Waals surface area contributed by atoms with E-state index in [1.807, 2.05) is 56.1 Å². The Labute approximate surface area is 210 Å². The number of anilines is 4. The third kappa shape index (κ3) is 6.95. The Hall–Kier alpha value is -3.60. The molecule has 0 bridgehead atoms. The molecule has 0 aliphatic carbocycles. The van der Waals surface area contributed by atoms with Crippen LogP contribution in [0, 0.1) is 6.92 Å². The zero-order valence-corrected chi connectivity index (χ0v) is 20.9. The number of carbonyl (C=O) groups excluding carboxylic acids is 2. The maximum atomic E-state index is 12.4. The lowest BCUT2D eigenvalue weighted by Gasteiger charge is -2.16. The Morgan fingerprint density at radius 3 is 2.69 bits per heavy atom. The Balaban J connectivity index is 1.27. The van der Waals surface area contributed by atoms with E-state index in [9.17, 15) is 9.59 Å². The summed E-state index contributed by atoms with van der Waals surface area (Å²) in [6.45, 7) is 4.84. The summed E-state index contributed by atoms with van der Waals surface area (Å²) in [5.41, 5.74) is 2.43. The Morgan fingerprint density at radius 2 is 1.91 bits per heavy atom. The number of hydrogen-bond acceptors (Lipinski definition) is 7. The van der Waals surface area contributed by atoms with Crippen molar-refractivity contribution in [2.75, 3.05) is 42.1 Å². The van der Waals surface area contributed by atoms with Gasteiger partial charge in [0.05, 0.1) is 4.88 Å². The SMILES string of the molecule is Bc1cnc(Nc2cccc(NC(=O)N3CCCC3)c2)nc1NCCCNC(=O)c1ccc(C)s1. The average Bonchev–Trinajstić information content (AvgIpc) is 3.53. The number of thiophene rings is 1. The molecule has 0 unspecified atom stereocenters. The quantitative estimate of drug-likeness (QED) is 0.271. The molecule has 0 atom stereocenters. The highest BCUT2D eigenvalue weighted by Crippen LogP contribution is 2.20. The molecule has 0 saturated carbocycles. The molecule has 11 heteroatoms. The smallest absolute Gasteiger partial charge is 0.321 e. The molecule has 1 aliphatic heterocycles. The predicted octanol–water partition coefficient (Wildman–Crippen LogP) is 2.71. The molecule has 4 N–H and O–H groups in total. The van der Waals surface area contributed by atoms with Gasteiger partial charge in [-0.05, 0) is 62.0 Å². The van der Waals surface area contributed by atoms with E-state index in [1.165, 1.54) is 11.3 Å². The van der Waals surface area contributed by atoms with E-state index in [2.05, 4.69) is 31.2 Å².